The molecule has 6 nitrogen and oxygen atoms in total. The summed E-state index contributed by atoms with van der Waals surface area (Å²) in [5.41, 5.74) is 6.69. The Labute approximate surface area is 118 Å². The van der Waals surface area contributed by atoms with Gasteiger partial charge in [0, 0.05) is 17.3 Å². The van der Waals surface area contributed by atoms with Crippen LogP contribution in [0.15, 0.2) is 29.4 Å². The standard InChI is InChI=1S/C14H20N4O2/c15-13(18-20)10-5-4-8-12(9-10)17-14(19)16-11-6-2-1-3-7-11/h4-5,8-9,11,20H,1-3,6-7H2,(H2,15,18)(H2,16,17,19). The first kappa shape index (κ1) is 14.2. The molecule has 2 amide bonds. The zero-order valence-electron chi connectivity index (χ0n) is 11.3. The lowest BCUT2D eigenvalue weighted by molar-refractivity contribution is 0.244. The maximum Gasteiger partial charge on any atom is 0.319 e. The Hall–Kier alpha value is -2.24. The number of hydrogen-bond donors (Lipinski definition) is 4. The number of urea groups is 1. The molecule has 0 saturated heterocycles. The number of benzene rings is 1. The molecule has 108 valence electrons. The van der Waals surface area contributed by atoms with Crippen LogP contribution in [0.5, 0.6) is 0 Å². The number of oxime groups is 1. The molecule has 0 aromatic heterocycles. The fourth-order valence-electron chi connectivity index (χ4n) is 2.41. The molecule has 0 aliphatic heterocycles. The van der Waals surface area contributed by atoms with Gasteiger partial charge in [0.25, 0.3) is 0 Å². The number of nitrogens with two attached hydrogens (primary N) is 1. The number of amides is 2. The summed E-state index contributed by atoms with van der Waals surface area (Å²) in [6.45, 7) is 0. The minimum atomic E-state index is -0.214. The Bertz CT molecular complexity index is 496. The highest BCUT2D eigenvalue weighted by Crippen LogP contribution is 2.17. The molecule has 1 fully saturated rings. The van der Waals surface area contributed by atoms with Gasteiger partial charge in [-0.15, -0.1) is 0 Å². The van der Waals surface area contributed by atoms with Crippen LogP contribution in [0.3, 0.4) is 0 Å². The monoisotopic (exact) mass is 276 g/mol. The van der Waals surface area contributed by atoms with Crippen molar-refractivity contribution in [2.75, 3.05) is 5.32 Å². The number of hydrogen-bond acceptors (Lipinski definition) is 3. The molecule has 0 unspecified atom stereocenters. The van der Waals surface area contributed by atoms with Gasteiger partial charge in [-0.2, -0.15) is 0 Å². The molecule has 20 heavy (non-hydrogen) atoms. The second kappa shape index (κ2) is 6.79. The Balaban J connectivity index is 1.93. The van der Waals surface area contributed by atoms with Crippen LogP contribution in [0.1, 0.15) is 37.7 Å². The van der Waals surface area contributed by atoms with E-state index in [4.69, 9.17) is 10.9 Å². The maximum absolute atomic E-state index is 11.9. The van der Waals surface area contributed by atoms with Crippen molar-refractivity contribution in [2.45, 2.75) is 38.1 Å². The Kier molecular flexibility index (Phi) is 4.81. The van der Waals surface area contributed by atoms with Crippen LogP contribution in [0.4, 0.5) is 10.5 Å². The van der Waals surface area contributed by atoms with Gasteiger partial charge >= 0.3 is 6.03 Å². The number of rotatable bonds is 3. The summed E-state index contributed by atoms with van der Waals surface area (Å²) in [7, 11) is 0. The SMILES string of the molecule is N/C(=N/O)c1cccc(NC(=O)NC2CCCCC2)c1. The van der Waals surface area contributed by atoms with Gasteiger partial charge in [0.15, 0.2) is 5.84 Å². The third kappa shape index (κ3) is 3.88. The second-order valence-corrected chi connectivity index (χ2v) is 5.00. The molecular weight excluding hydrogens is 256 g/mol. The number of carbonyl (C=O) groups excluding carboxylic acids is 1. The van der Waals surface area contributed by atoms with Crippen molar-refractivity contribution >= 4 is 17.6 Å². The Morgan fingerprint density at radius 1 is 1.30 bits per heavy atom. The van der Waals surface area contributed by atoms with Crippen LogP contribution < -0.4 is 16.4 Å². The van der Waals surface area contributed by atoms with E-state index in [2.05, 4.69) is 15.8 Å². The molecule has 0 bridgehead atoms. The van der Waals surface area contributed by atoms with Crippen LogP contribution in [-0.4, -0.2) is 23.1 Å². The smallest absolute Gasteiger partial charge is 0.319 e. The third-order valence-corrected chi connectivity index (χ3v) is 3.46. The molecule has 2 rings (SSSR count). The van der Waals surface area contributed by atoms with Crippen LogP contribution in [-0.2, 0) is 0 Å². The topological polar surface area (TPSA) is 99.7 Å². The van der Waals surface area contributed by atoms with E-state index in [-0.39, 0.29) is 17.9 Å². The van der Waals surface area contributed by atoms with Gasteiger partial charge in [0.1, 0.15) is 0 Å². The van der Waals surface area contributed by atoms with Gasteiger partial charge in [0.2, 0.25) is 0 Å². The third-order valence-electron chi connectivity index (χ3n) is 3.46. The minimum absolute atomic E-state index is 0.0151. The highest BCUT2D eigenvalue weighted by atomic mass is 16.4. The lowest BCUT2D eigenvalue weighted by Gasteiger charge is -2.22. The predicted molar refractivity (Wildman–Crippen MR) is 78.0 cm³/mol. The Morgan fingerprint density at radius 3 is 2.75 bits per heavy atom. The molecule has 0 heterocycles. The number of nitrogens with one attached hydrogen (secondary N) is 2. The van der Waals surface area contributed by atoms with Crippen molar-refractivity contribution in [3.63, 3.8) is 0 Å². The lowest BCUT2D eigenvalue weighted by atomic mass is 9.96. The summed E-state index contributed by atoms with van der Waals surface area (Å²) in [4.78, 5) is 11.9. The number of carbonyl (C=O) groups is 1. The molecule has 1 aliphatic carbocycles. The second-order valence-electron chi connectivity index (χ2n) is 5.00. The molecule has 0 atom stereocenters. The lowest BCUT2D eigenvalue weighted by Crippen LogP contribution is -2.39. The van der Waals surface area contributed by atoms with Crippen molar-refractivity contribution in [3.05, 3.63) is 29.8 Å². The van der Waals surface area contributed by atoms with Crippen molar-refractivity contribution in [1.29, 1.82) is 0 Å². The van der Waals surface area contributed by atoms with Gasteiger partial charge < -0.3 is 21.6 Å². The van der Waals surface area contributed by atoms with Crippen molar-refractivity contribution in [3.8, 4) is 0 Å². The molecule has 0 spiro atoms. The minimum Gasteiger partial charge on any atom is -0.409 e. The van der Waals surface area contributed by atoms with E-state index >= 15 is 0 Å². The summed E-state index contributed by atoms with van der Waals surface area (Å²) in [6.07, 6.45) is 5.67. The average Bonchev–Trinajstić information content (AvgIpc) is 2.47. The van der Waals surface area contributed by atoms with Crippen LogP contribution in [0.2, 0.25) is 0 Å². The number of nitrogens with zero attached hydrogens (tertiary/aromatic N) is 1. The first-order valence-corrected chi connectivity index (χ1v) is 6.84. The molecular formula is C14H20N4O2. The van der Waals surface area contributed by atoms with E-state index in [1.165, 1.54) is 19.3 Å². The molecule has 6 heteroatoms. The first-order chi connectivity index (χ1) is 9.69. The van der Waals surface area contributed by atoms with E-state index in [0.29, 0.717) is 11.3 Å². The fourth-order valence-corrected chi connectivity index (χ4v) is 2.41. The van der Waals surface area contributed by atoms with E-state index in [1.54, 1.807) is 24.3 Å². The number of anilines is 1. The van der Waals surface area contributed by atoms with Crippen LogP contribution in [0, 0.1) is 0 Å². The predicted octanol–water partition coefficient (Wildman–Crippen LogP) is 2.24. The first-order valence-electron chi connectivity index (χ1n) is 6.84. The van der Waals surface area contributed by atoms with Gasteiger partial charge in [-0.3, -0.25) is 0 Å². The molecule has 1 aliphatic rings. The number of amidine groups is 1. The summed E-state index contributed by atoms with van der Waals surface area (Å²) in [5, 5.41) is 17.3. The van der Waals surface area contributed by atoms with Crippen molar-refractivity contribution < 1.29 is 10.0 Å². The normalized spacial score (nSPS) is 16.7. The van der Waals surface area contributed by atoms with E-state index in [0.717, 1.165) is 12.8 Å². The van der Waals surface area contributed by atoms with Crippen molar-refractivity contribution in [2.24, 2.45) is 10.9 Å². The largest absolute Gasteiger partial charge is 0.409 e. The maximum atomic E-state index is 11.9. The highest BCUT2D eigenvalue weighted by molar-refractivity contribution is 5.99. The van der Waals surface area contributed by atoms with Crippen LogP contribution in [0.25, 0.3) is 0 Å². The Morgan fingerprint density at radius 2 is 2.05 bits per heavy atom. The zero-order valence-corrected chi connectivity index (χ0v) is 11.3. The molecule has 1 aromatic carbocycles. The fraction of sp³-hybridized carbons (Fsp3) is 0.429. The molecule has 5 N–H and O–H groups in total. The summed E-state index contributed by atoms with van der Waals surface area (Å²) in [5.74, 6) is 0.0151. The quantitative estimate of drug-likeness (QED) is 0.295. The summed E-state index contributed by atoms with van der Waals surface area (Å²) >= 11 is 0. The van der Waals surface area contributed by atoms with E-state index < -0.39 is 0 Å². The highest BCUT2D eigenvalue weighted by Gasteiger charge is 2.15. The summed E-state index contributed by atoms with van der Waals surface area (Å²) < 4.78 is 0. The van der Waals surface area contributed by atoms with Crippen molar-refractivity contribution in [1.82, 2.24) is 5.32 Å². The van der Waals surface area contributed by atoms with Crippen LogP contribution >= 0.6 is 0 Å². The molecule has 1 saturated carbocycles. The zero-order chi connectivity index (χ0) is 14.4. The van der Waals surface area contributed by atoms with E-state index in [1.807, 2.05) is 0 Å². The molecule has 0 radical (unpaired) electrons. The van der Waals surface area contributed by atoms with Gasteiger partial charge in [-0.1, -0.05) is 36.6 Å². The van der Waals surface area contributed by atoms with E-state index in [9.17, 15) is 4.79 Å². The average molecular weight is 276 g/mol. The summed E-state index contributed by atoms with van der Waals surface area (Å²) in [6, 6.07) is 6.91. The van der Waals surface area contributed by atoms with Gasteiger partial charge in [-0.25, -0.2) is 4.79 Å². The van der Waals surface area contributed by atoms with Gasteiger partial charge in [0.05, 0.1) is 0 Å². The van der Waals surface area contributed by atoms with Gasteiger partial charge in [-0.05, 0) is 25.0 Å². The molecule has 1 aromatic rings.